The van der Waals surface area contributed by atoms with Gasteiger partial charge in [-0.15, -0.1) is 0 Å². The number of pyridine rings is 1. The number of halogens is 2. The van der Waals surface area contributed by atoms with Gasteiger partial charge in [-0.25, -0.2) is 8.78 Å². The van der Waals surface area contributed by atoms with Gasteiger partial charge in [0.1, 0.15) is 0 Å². The van der Waals surface area contributed by atoms with Crippen molar-refractivity contribution in [2.24, 2.45) is 5.73 Å². The number of hydrogen-bond acceptors (Lipinski definition) is 3. The summed E-state index contributed by atoms with van der Waals surface area (Å²) in [4.78, 5) is 3.97. The van der Waals surface area contributed by atoms with Crippen LogP contribution in [0.25, 0.3) is 0 Å². The lowest BCUT2D eigenvalue weighted by molar-refractivity contribution is 0.150. The van der Waals surface area contributed by atoms with E-state index in [1.54, 1.807) is 0 Å². The Morgan fingerprint density at radius 1 is 1.60 bits per heavy atom. The van der Waals surface area contributed by atoms with Crippen molar-refractivity contribution in [3.63, 3.8) is 0 Å². The molecule has 0 saturated carbocycles. The third-order valence-corrected chi connectivity index (χ3v) is 2.12. The summed E-state index contributed by atoms with van der Waals surface area (Å²) in [5.74, 6) is 0. The van der Waals surface area contributed by atoms with Gasteiger partial charge in [0.15, 0.2) is 0 Å². The van der Waals surface area contributed by atoms with E-state index >= 15 is 0 Å². The van der Waals surface area contributed by atoms with Crippen molar-refractivity contribution in [3.05, 3.63) is 28.6 Å². The molecule has 0 spiro atoms. The van der Waals surface area contributed by atoms with E-state index in [1.807, 2.05) is 6.07 Å². The minimum atomic E-state index is -2.56. The summed E-state index contributed by atoms with van der Waals surface area (Å²) >= 11 is 0. The lowest BCUT2D eigenvalue weighted by atomic mass is 10.1. The molecule has 3 nitrogen and oxygen atoms in total. The molecule has 5 heteroatoms. The molecule has 0 atom stereocenters. The smallest absolute Gasteiger partial charge is 0.265 e. The number of nitriles is 1. The summed E-state index contributed by atoms with van der Waals surface area (Å²) in [6.45, 7) is 1.62. The number of aromatic nitrogens is 1. The number of aryl methyl sites for hydroxylation is 1. The first-order valence-electron chi connectivity index (χ1n) is 4.44. The maximum absolute atomic E-state index is 12.5. The van der Waals surface area contributed by atoms with E-state index in [-0.39, 0.29) is 24.2 Å². The second kappa shape index (κ2) is 4.80. The van der Waals surface area contributed by atoms with Crippen molar-refractivity contribution in [2.75, 3.05) is 0 Å². The Bertz CT molecular complexity index is 396. The van der Waals surface area contributed by atoms with E-state index in [9.17, 15) is 8.78 Å². The fourth-order valence-electron chi connectivity index (χ4n) is 1.34. The molecule has 0 aliphatic carbocycles. The average molecular weight is 211 g/mol. The Balaban J connectivity index is 3.24. The second-order valence-corrected chi connectivity index (χ2v) is 3.11. The normalized spacial score (nSPS) is 10.4. The monoisotopic (exact) mass is 211 g/mol. The molecule has 0 aliphatic heterocycles. The van der Waals surface area contributed by atoms with Gasteiger partial charge in [-0.2, -0.15) is 5.26 Å². The molecule has 1 heterocycles. The summed E-state index contributed by atoms with van der Waals surface area (Å²) in [6, 6.07) is 3.26. The Labute approximate surface area is 86.5 Å². The molecule has 1 aromatic rings. The SMILES string of the molecule is Cc1nc(CC#N)c(CN)cc1C(F)F. The highest BCUT2D eigenvalue weighted by atomic mass is 19.3. The highest BCUT2D eigenvalue weighted by Gasteiger charge is 2.15. The van der Waals surface area contributed by atoms with Crippen LogP contribution >= 0.6 is 0 Å². The lowest BCUT2D eigenvalue weighted by Gasteiger charge is -2.10. The second-order valence-electron chi connectivity index (χ2n) is 3.11. The van der Waals surface area contributed by atoms with Crippen molar-refractivity contribution in [3.8, 4) is 6.07 Å². The van der Waals surface area contributed by atoms with Crippen LogP contribution in [0.5, 0.6) is 0 Å². The van der Waals surface area contributed by atoms with Crippen LogP contribution in [0.3, 0.4) is 0 Å². The number of rotatable bonds is 3. The van der Waals surface area contributed by atoms with Crippen LogP contribution < -0.4 is 5.73 Å². The van der Waals surface area contributed by atoms with Crippen LogP contribution in [0.1, 0.15) is 28.9 Å². The summed E-state index contributed by atoms with van der Waals surface area (Å²) in [5, 5.41) is 8.53. The Morgan fingerprint density at radius 3 is 2.73 bits per heavy atom. The molecule has 0 unspecified atom stereocenters. The Hall–Kier alpha value is -1.54. The minimum Gasteiger partial charge on any atom is -0.326 e. The van der Waals surface area contributed by atoms with Gasteiger partial charge in [0.25, 0.3) is 6.43 Å². The van der Waals surface area contributed by atoms with Gasteiger partial charge in [-0.05, 0) is 18.6 Å². The molecular formula is C10H11F2N3. The molecule has 80 valence electrons. The first kappa shape index (κ1) is 11.5. The molecular weight excluding hydrogens is 200 g/mol. The van der Waals surface area contributed by atoms with E-state index < -0.39 is 6.43 Å². The quantitative estimate of drug-likeness (QED) is 0.829. The molecule has 0 fully saturated rings. The zero-order chi connectivity index (χ0) is 11.4. The maximum Gasteiger partial charge on any atom is 0.265 e. The summed E-state index contributed by atoms with van der Waals surface area (Å²) in [5.41, 5.74) is 6.55. The third kappa shape index (κ3) is 2.48. The minimum absolute atomic E-state index is 0.0941. The third-order valence-electron chi connectivity index (χ3n) is 2.12. The van der Waals surface area contributed by atoms with Crippen molar-refractivity contribution in [1.82, 2.24) is 4.98 Å². The highest BCUT2D eigenvalue weighted by Crippen LogP contribution is 2.23. The van der Waals surface area contributed by atoms with Crippen molar-refractivity contribution in [2.45, 2.75) is 26.3 Å². The number of nitrogens with zero attached hydrogens (tertiary/aromatic N) is 2. The van der Waals surface area contributed by atoms with Crippen LogP contribution in [-0.2, 0) is 13.0 Å². The van der Waals surface area contributed by atoms with Crippen molar-refractivity contribution >= 4 is 0 Å². The predicted octanol–water partition coefficient (Wildman–Crippen LogP) is 1.85. The molecule has 0 aromatic carbocycles. The van der Waals surface area contributed by atoms with Gasteiger partial charge in [0.2, 0.25) is 0 Å². The van der Waals surface area contributed by atoms with Crippen LogP contribution in [0.2, 0.25) is 0 Å². The molecule has 0 radical (unpaired) electrons. The molecule has 1 aromatic heterocycles. The van der Waals surface area contributed by atoms with Gasteiger partial charge in [0, 0.05) is 17.8 Å². The van der Waals surface area contributed by atoms with Gasteiger partial charge >= 0.3 is 0 Å². The molecule has 2 N–H and O–H groups in total. The van der Waals surface area contributed by atoms with E-state index in [0.29, 0.717) is 11.3 Å². The van der Waals surface area contributed by atoms with E-state index in [1.165, 1.54) is 13.0 Å². The summed E-state index contributed by atoms with van der Waals surface area (Å²) in [7, 11) is 0. The Morgan fingerprint density at radius 2 is 2.27 bits per heavy atom. The van der Waals surface area contributed by atoms with Gasteiger partial charge in [-0.1, -0.05) is 0 Å². The fraction of sp³-hybridized carbons (Fsp3) is 0.400. The largest absolute Gasteiger partial charge is 0.326 e. The number of hydrogen-bond donors (Lipinski definition) is 1. The lowest BCUT2D eigenvalue weighted by Crippen LogP contribution is -2.07. The molecule has 0 aliphatic rings. The number of nitrogens with two attached hydrogens (primary N) is 1. The van der Waals surface area contributed by atoms with Gasteiger partial charge in [-0.3, -0.25) is 4.98 Å². The summed E-state index contributed by atoms with van der Waals surface area (Å²) in [6.07, 6.45) is -2.46. The molecule has 15 heavy (non-hydrogen) atoms. The fourth-order valence-corrected chi connectivity index (χ4v) is 1.34. The molecule has 0 amide bonds. The molecule has 0 bridgehead atoms. The standard InChI is InChI=1S/C10H11F2N3/c1-6-8(10(11)12)4-7(5-14)9(15-6)2-3-13/h4,10H,2,5,14H2,1H3. The van der Waals surface area contributed by atoms with Crippen molar-refractivity contribution < 1.29 is 8.78 Å². The average Bonchev–Trinajstić information content (AvgIpc) is 2.18. The predicted molar refractivity (Wildman–Crippen MR) is 51.1 cm³/mol. The first-order valence-corrected chi connectivity index (χ1v) is 4.44. The highest BCUT2D eigenvalue weighted by molar-refractivity contribution is 5.32. The zero-order valence-corrected chi connectivity index (χ0v) is 8.30. The Kier molecular flexibility index (Phi) is 3.69. The van der Waals surface area contributed by atoms with Crippen molar-refractivity contribution in [1.29, 1.82) is 5.26 Å². The topological polar surface area (TPSA) is 62.7 Å². The van der Waals surface area contributed by atoms with Gasteiger partial charge < -0.3 is 5.73 Å². The van der Waals surface area contributed by atoms with E-state index in [0.717, 1.165) is 0 Å². The molecule has 0 saturated heterocycles. The van der Waals surface area contributed by atoms with E-state index in [4.69, 9.17) is 11.0 Å². The zero-order valence-electron chi connectivity index (χ0n) is 8.30. The molecule has 1 rings (SSSR count). The number of alkyl halides is 2. The van der Waals surface area contributed by atoms with Gasteiger partial charge in [0.05, 0.1) is 18.2 Å². The summed E-state index contributed by atoms with van der Waals surface area (Å²) < 4.78 is 25.0. The van der Waals surface area contributed by atoms with Crippen LogP contribution in [0.4, 0.5) is 8.78 Å². The van der Waals surface area contributed by atoms with Crippen LogP contribution in [0.15, 0.2) is 6.07 Å². The van der Waals surface area contributed by atoms with Crippen LogP contribution in [-0.4, -0.2) is 4.98 Å². The first-order chi connectivity index (χ1) is 7.10. The van der Waals surface area contributed by atoms with Crippen LogP contribution in [0, 0.1) is 18.3 Å². The van der Waals surface area contributed by atoms with E-state index in [2.05, 4.69) is 4.98 Å². The maximum atomic E-state index is 12.5.